The van der Waals surface area contributed by atoms with Crippen molar-refractivity contribution < 1.29 is 28.7 Å². The fraction of sp³-hybridized carbons (Fsp3) is 0.778. The van der Waals surface area contributed by atoms with Crippen molar-refractivity contribution in [2.45, 2.75) is 39.8 Å². The van der Waals surface area contributed by atoms with Gasteiger partial charge in [-0.3, -0.25) is 0 Å². The summed E-state index contributed by atoms with van der Waals surface area (Å²) in [5.74, 6) is -1.22. The molecule has 0 aromatic rings. The molecule has 2 atom stereocenters. The maximum Gasteiger partial charge on any atom is 0.328 e. The third kappa shape index (κ3) is 6.28. The normalized spacial score (nSPS) is 16.4. The van der Waals surface area contributed by atoms with Crippen LogP contribution in [0.3, 0.4) is 0 Å². The number of rotatable bonds is 6. The molecule has 1 rings (SSSR count). The number of ether oxygens (including phenoxy) is 2. The highest BCUT2D eigenvalue weighted by Crippen LogP contribution is 2.09. The van der Waals surface area contributed by atoms with Gasteiger partial charge in [0.2, 0.25) is 0 Å². The van der Waals surface area contributed by atoms with Crippen LogP contribution >= 0.6 is 0 Å². The van der Waals surface area contributed by atoms with Crippen LogP contribution in [0.5, 0.6) is 0 Å². The topological polar surface area (TPSA) is 117 Å². The number of esters is 2. The van der Waals surface area contributed by atoms with Crippen LogP contribution in [0, 0.1) is 11.8 Å². The zero-order valence-corrected chi connectivity index (χ0v) is 17.5. The summed E-state index contributed by atoms with van der Waals surface area (Å²) in [5, 5.41) is 5.37. The first kappa shape index (κ1) is 23.5. The summed E-state index contributed by atoms with van der Waals surface area (Å²) < 4.78 is 9.45. The molecule has 0 aromatic carbocycles. The molecule has 0 aliphatic carbocycles. The van der Waals surface area contributed by atoms with Crippen molar-refractivity contribution >= 4 is 24.0 Å². The highest BCUT2D eigenvalue weighted by atomic mass is 16.5. The summed E-state index contributed by atoms with van der Waals surface area (Å²) >= 11 is 0. The number of nitrogens with one attached hydrogen (secondary N) is 2. The van der Waals surface area contributed by atoms with Gasteiger partial charge in [0.1, 0.15) is 12.1 Å². The third-order valence-corrected chi connectivity index (χ3v) is 4.66. The lowest BCUT2D eigenvalue weighted by molar-refractivity contribution is -0.144. The summed E-state index contributed by atoms with van der Waals surface area (Å²) in [5.41, 5.74) is 0. The van der Waals surface area contributed by atoms with Gasteiger partial charge in [0, 0.05) is 26.2 Å². The van der Waals surface area contributed by atoms with Crippen molar-refractivity contribution in [2.24, 2.45) is 11.8 Å². The number of nitrogens with zero attached hydrogens (tertiary/aromatic N) is 2. The first-order chi connectivity index (χ1) is 13.1. The van der Waals surface area contributed by atoms with Gasteiger partial charge in [-0.25, -0.2) is 19.2 Å². The van der Waals surface area contributed by atoms with Crippen LogP contribution in [0.1, 0.15) is 27.7 Å². The molecule has 10 heteroatoms. The van der Waals surface area contributed by atoms with Crippen molar-refractivity contribution in [1.29, 1.82) is 0 Å². The zero-order valence-electron chi connectivity index (χ0n) is 17.5. The molecule has 0 aromatic heterocycles. The Bertz CT molecular complexity index is 522. The molecule has 1 heterocycles. The lowest BCUT2D eigenvalue weighted by Gasteiger charge is -2.36. The molecule has 0 spiro atoms. The van der Waals surface area contributed by atoms with Crippen molar-refractivity contribution in [3.05, 3.63) is 0 Å². The van der Waals surface area contributed by atoms with Crippen LogP contribution in [0.4, 0.5) is 9.59 Å². The molecule has 4 amide bonds. The standard InChI is InChI=1S/C18H32N4O6/c1-11(2)13(15(23)27-5)19-17(25)21-7-9-22(10-8-21)18(26)20-14(12(3)4)16(24)28-6/h11-14H,7-10H2,1-6H3,(H,19,25)(H,20,26)/t13-,14-/m0/s1. The smallest absolute Gasteiger partial charge is 0.328 e. The second-order valence-electron chi connectivity index (χ2n) is 7.36. The molecule has 1 aliphatic heterocycles. The van der Waals surface area contributed by atoms with E-state index in [-0.39, 0.29) is 23.9 Å². The Morgan fingerprint density at radius 3 is 1.18 bits per heavy atom. The zero-order chi connectivity index (χ0) is 21.4. The molecule has 0 unspecified atom stereocenters. The predicted molar refractivity (Wildman–Crippen MR) is 101 cm³/mol. The van der Waals surface area contributed by atoms with Gasteiger partial charge in [-0.2, -0.15) is 0 Å². The number of piperazine rings is 1. The first-order valence-corrected chi connectivity index (χ1v) is 9.38. The second kappa shape index (κ2) is 10.7. The van der Waals surface area contributed by atoms with E-state index >= 15 is 0 Å². The maximum absolute atomic E-state index is 12.4. The minimum atomic E-state index is -0.731. The summed E-state index contributed by atoms with van der Waals surface area (Å²) in [7, 11) is 2.56. The number of carbonyl (C=O) groups is 4. The highest BCUT2D eigenvalue weighted by Gasteiger charge is 2.31. The number of hydrogen-bond acceptors (Lipinski definition) is 6. The Labute approximate surface area is 165 Å². The van der Waals surface area contributed by atoms with Gasteiger partial charge < -0.3 is 29.9 Å². The minimum Gasteiger partial charge on any atom is -0.467 e. The van der Waals surface area contributed by atoms with E-state index in [9.17, 15) is 19.2 Å². The molecule has 0 radical (unpaired) electrons. The van der Waals surface area contributed by atoms with Crippen molar-refractivity contribution in [1.82, 2.24) is 20.4 Å². The van der Waals surface area contributed by atoms with Gasteiger partial charge >= 0.3 is 24.0 Å². The molecule has 0 bridgehead atoms. The van der Waals surface area contributed by atoms with Gasteiger partial charge in [0.25, 0.3) is 0 Å². The molecule has 10 nitrogen and oxygen atoms in total. The SMILES string of the molecule is COC(=O)[C@@H](NC(=O)N1CCN(C(=O)N[C@H](C(=O)OC)C(C)C)CC1)C(C)C. The van der Waals surface area contributed by atoms with E-state index in [1.54, 1.807) is 9.80 Å². The number of urea groups is 2. The predicted octanol–water partition coefficient (Wildman–Crippen LogP) is 0.418. The number of methoxy groups -OCH3 is 2. The molecule has 0 saturated carbocycles. The second-order valence-corrected chi connectivity index (χ2v) is 7.36. The summed E-state index contributed by atoms with van der Waals surface area (Å²) in [6, 6.07) is -2.21. The molecule has 160 valence electrons. The van der Waals surface area contributed by atoms with E-state index in [1.165, 1.54) is 14.2 Å². The number of hydrogen-bond donors (Lipinski definition) is 2. The van der Waals surface area contributed by atoms with Crippen LogP contribution < -0.4 is 10.6 Å². The Morgan fingerprint density at radius 2 is 0.964 bits per heavy atom. The van der Waals surface area contributed by atoms with Crippen molar-refractivity contribution in [3.63, 3.8) is 0 Å². The number of carbonyl (C=O) groups excluding carboxylic acids is 4. The maximum atomic E-state index is 12.4. The highest BCUT2D eigenvalue weighted by molar-refractivity contribution is 5.85. The third-order valence-electron chi connectivity index (χ3n) is 4.66. The van der Waals surface area contributed by atoms with E-state index < -0.39 is 24.0 Å². The van der Waals surface area contributed by atoms with Crippen LogP contribution in [0.2, 0.25) is 0 Å². The van der Waals surface area contributed by atoms with Gasteiger partial charge in [0.15, 0.2) is 0 Å². The largest absolute Gasteiger partial charge is 0.467 e. The quantitative estimate of drug-likeness (QED) is 0.624. The molecule has 1 aliphatic rings. The Kier molecular flexibility index (Phi) is 9.01. The van der Waals surface area contributed by atoms with Crippen LogP contribution in [-0.2, 0) is 19.1 Å². The summed E-state index contributed by atoms with van der Waals surface area (Å²) in [6.07, 6.45) is 0. The van der Waals surface area contributed by atoms with E-state index in [4.69, 9.17) is 9.47 Å². The fourth-order valence-electron chi connectivity index (χ4n) is 2.81. The van der Waals surface area contributed by atoms with Gasteiger partial charge in [-0.05, 0) is 11.8 Å². The average molecular weight is 400 g/mol. The molecule has 2 N–H and O–H groups in total. The van der Waals surface area contributed by atoms with Crippen LogP contribution in [-0.4, -0.2) is 86.3 Å². The number of amides is 4. The molecular formula is C18H32N4O6. The molecule has 1 fully saturated rings. The van der Waals surface area contributed by atoms with E-state index in [0.29, 0.717) is 26.2 Å². The fourth-order valence-corrected chi connectivity index (χ4v) is 2.81. The molecule has 28 heavy (non-hydrogen) atoms. The summed E-state index contributed by atoms with van der Waals surface area (Å²) in [4.78, 5) is 51.5. The first-order valence-electron chi connectivity index (χ1n) is 9.38. The van der Waals surface area contributed by atoms with Crippen molar-refractivity contribution in [3.8, 4) is 0 Å². The average Bonchev–Trinajstić information content (AvgIpc) is 2.68. The van der Waals surface area contributed by atoms with Crippen LogP contribution in [0.25, 0.3) is 0 Å². The van der Waals surface area contributed by atoms with Crippen LogP contribution in [0.15, 0.2) is 0 Å². The van der Waals surface area contributed by atoms with E-state index in [1.807, 2.05) is 27.7 Å². The van der Waals surface area contributed by atoms with Gasteiger partial charge in [0.05, 0.1) is 14.2 Å². The Balaban J connectivity index is 2.59. The monoisotopic (exact) mass is 400 g/mol. The molecule has 1 saturated heterocycles. The minimum absolute atomic E-state index is 0.116. The van der Waals surface area contributed by atoms with Gasteiger partial charge in [-0.1, -0.05) is 27.7 Å². The summed E-state index contributed by atoms with van der Waals surface area (Å²) in [6.45, 7) is 8.53. The van der Waals surface area contributed by atoms with Gasteiger partial charge in [-0.15, -0.1) is 0 Å². The van der Waals surface area contributed by atoms with Crippen molar-refractivity contribution in [2.75, 3.05) is 40.4 Å². The lowest BCUT2D eigenvalue weighted by atomic mass is 10.1. The molecular weight excluding hydrogens is 368 g/mol. The Morgan fingerprint density at radius 1 is 0.679 bits per heavy atom. The van der Waals surface area contributed by atoms with E-state index in [2.05, 4.69) is 10.6 Å². The van der Waals surface area contributed by atoms with E-state index in [0.717, 1.165) is 0 Å². The lowest BCUT2D eigenvalue weighted by Crippen LogP contribution is -2.59. The Hall–Kier alpha value is -2.52.